The second kappa shape index (κ2) is 5.85. The van der Waals surface area contributed by atoms with E-state index >= 15 is 0 Å². The lowest BCUT2D eigenvalue weighted by atomic mass is 9.99. The van der Waals surface area contributed by atoms with Gasteiger partial charge in [0.25, 0.3) is 0 Å². The summed E-state index contributed by atoms with van der Waals surface area (Å²) in [6.07, 6.45) is 5.05. The Morgan fingerprint density at radius 1 is 1.06 bits per heavy atom. The van der Waals surface area contributed by atoms with E-state index in [2.05, 4.69) is 23.6 Å². The number of amides is 1. The summed E-state index contributed by atoms with van der Waals surface area (Å²) >= 11 is 0. The van der Waals surface area contributed by atoms with Crippen molar-refractivity contribution < 1.29 is 4.79 Å². The smallest absolute Gasteiger partial charge is 0.236 e. The first-order valence-corrected chi connectivity index (χ1v) is 7.15. The highest BCUT2D eigenvalue weighted by molar-refractivity contribution is 5.78. The molecular weight excluding hydrogens is 212 g/mol. The second-order valence-electron chi connectivity index (χ2n) is 6.07. The van der Waals surface area contributed by atoms with Crippen LogP contribution in [0.5, 0.6) is 0 Å². The minimum atomic E-state index is 0.352. The summed E-state index contributed by atoms with van der Waals surface area (Å²) < 4.78 is 0. The molecule has 1 amide bonds. The van der Waals surface area contributed by atoms with Gasteiger partial charge in [0.2, 0.25) is 5.91 Å². The van der Waals surface area contributed by atoms with E-state index in [9.17, 15) is 4.79 Å². The third-order valence-corrected chi connectivity index (χ3v) is 4.11. The molecule has 2 aliphatic heterocycles. The van der Waals surface area contributed by atoms with Crippen LogP contribution in [-0.2, 0) is 4.79 Å². The Kier molecular flexibility index (Phi) is 4.43. The van der Waals surface area contributed by atoms with E-state index < -0.39 is 0 Å². The fourth-order valence-electron chi connectivity index (χ4n) is 3.14. The molecule has 2 saturated heterocycles. The molecule has 17 heavy (non-hydrogen) atoms. The summed E-state index contributed by atoms with van der Waals surface area (Å²) in [6.45, 7) is 9.36. The second-order valence-corrected chi connectivity index (χ2v) is 6.07. The van der Waals surface area contributed by atoms with E-state index in [0.29, 0.717) is 18.4 Å². The molecule has 2 rings (SSSR count). The van der Waals surface area contributed by atoms with Gasteiger partial charge >= 0.3 is 0 Å². The van der Waals surface area contributed by atoms with Crippen LogP contribution in [0.25, 0.3) is 0 Å². The Labute approximate surface area is 105 Å². The van der Waals surface area contributed by atoms with Crippen molar-refractivity contribution in [3.05, 3.63) is 0 Å². The molecule has 0 bridgehead atoms. The molecule has 0 aromatic carbocycles. The van der Waals surface area contributed by atoms with Crippen molar-refractivity contribution in [2.45, 2.75) is 39.5 Å². The third kappa shape index (κ3) is 3.70. The van der Waals surface area contributed by atoms with Crippen molar-refractivity contribution in [3.63, 3.8) is 0 Å². The number of carbonyl (C=O) groups is 1. The molecule has 0 N–H and O–H groups in total. The van der Waals surface area contributed by atoms with Crippen LogP contribution in [0, 0.1) is 11.8 Å². The van der Waals surface area contributed by atoms with Gasteiger partial charge in [0.05, 0.1) is 6.54 Å². The quantitative estimate of drug-likeness (QED) is 0.734. The maximum atomic E-state index is 12.2. The van der Waals surface area contributed by atoms with Crippen molar-refractivity contribution in [1.82, 2.24) is 9.80 Å². The van der Waals surface area contributed by atoms with Gasteiger partial charge in [-0.25, -0.2) is 0 Å². The van der Waals surface area contributed by atoms with Gasteiger partial charge < -0.3 is 4.90 Å². The Bertz CT molecular complexity index is 267. The van der Waals surface area contributed by atoms with Crippen LogP contribution < -0.4 is 0 Å². The predicted molar refractivity (Wildman–Crippen MR) is 69.8 cm³/mol. The zero-order chi connectivity index (χ0) is 12.3. The molecule has 2 fully saturated rings. The molecule has 0 aliphatic carbocycles. The summed E-state index contributed by atoms with van der Waals surface area (Å²) in [4.78, 5) is 16.6. The zero-order valence-electron chi connectivity index (χ0n) is 11.3. The van der Waals surface area contributed by atoms with Gasteiger partial charge in [-0.3, -0.25) is 9.69 Å². The highest BCUT2D eigenvalue weighted by Gasteiger charge is 2.24. The number of rotatable bonds is 2. The van der Waals surface area contributed by atoms with Crippen LogP contribution in [0.2, 0.25) is 0 Å². The molecule has 0 aromatic rings. The first-order valence-electron chi connectivity index (χ1n) is 7.15. The Hall–Kier alpha value is -0.570. The number of piperidine rings is 2. The maximum absolute atomic E-state index is 12.2. The minimum Gasteiger partial charge on any atom is -0.341 e. The van der Waals surface area contributed by atoms with Gasteiger partial charge in [-0.2, -0.15) is 0 Å². The monoisotopic (exact) mass is 238 g/mol. The van der Waals surface area contributed by atoms with Gasteiger partial charge in [0, 0.05) is 19.6 Å². The Balaban J connectivity index is 1.79. The number of nitrogens with zero attached hydrogens (tertiary/aromatic N) is 2. The van der Waals surface area contributed by atoms with Crippen molar-refractivity contribution in [1.29, 1.82) is 0 Å². The highest BCUT2D eigenvalue weighted by atomic mass is 16.2. The van der Waals surface area contributed by atoms with Gasteiger partial charge in [-0.1, -0.05) is 13.8 Å². The largest absolute Gasteiger partial charge is 0.341 e. The lowest BCUT2D eigenvalue weighted by molar-refractivity contribution is -0.134. The van der Waals surface area contributed by atoms with Crippen molar-refractivity contribution >= 4 is 5.91 Å². The van der Waals surface area contributed by atoms with Crippen molar-refractivity contribution in [3.8, 4) is 0 Å². The average molecular weight is 238 g/mol. The lowest BCUT2D eigenvalue weighted by Gasteiger charge is -2.35. The van der Waals surface area contributed by atoms with Crippen LogP contribution in [0.15, 0.2) is 0 Å². The van der Waals surface area contributed by atoms with Crippen LogP contribution in [0.1, 0.15) is 39.5 Å². The van der Waals surface area contributed by atoms with Gasteiger partial charge in [0.1, 0.15) is 0 Å². The molecule has 0 spiro atoms. The first-order chi connectivity index (χ1) is 8.15. The van der Waals surface area contributed by atoms with Gasteiger partial charge in [-0.05, 0) is 44.1 Å². The van der Waals surface area contributed by atoms with E-state index in [1.807, 2.05) is 0 Å². The summed E-state index contributed by atoms with van der Waals surface area (Å²) in [5.74, 6) is 1.80. The Morgan fingerprint density at radius 2 is 1.71 bits per heavy atom. The number of hydrogen-bond donors (Lipinski definition) is 0. The van der Waals surface area contributed by atoms with E-state index in [-0.39, 0.29) is 0 Å². The summed E-state index contributed by atoms with van der Waals surface area (Å²) in [7, 11) is 0. The first kappa shape index (κ1) is 12.9. The molecule has 0 aromatic heterocycles. The SMILES string of the molecule is CC1CCCN(CC(=O)N2CCCC(C)C2)C1. The van der Waals surface area contributed by atoms with Crippen LogP contribution in [0.3, 0.4) is 0 Å². The van der Waals surface area contributed by atoms with E-state index in [4.69, 9.17) is 0 Å². The number of likely N-dealkylation sites (tertiary alicyclic amines) is 2. The molecule has 3 heteroatoms. The molecule has 2 aliphatic rings. The molecule has 2 atom stereocenters. The molecular formula is C14H26N2O. The van der Waals surface area contributed by atoms with Crippen LogP contribution in [-0.4, -0.2) is 48.4 Å². The van der Waals surface area contributed by atoms with Crippen molar-refractivity contribution in [2.75, 3.05) is 32.7 Å². The standard InChI is InChI=1S/C14H26N2O/c1-12-5-3-7-15(9-12)11-14(17)16-8-4-6-13(2)10-16/h12-13H,3-11H2,1-2H3. The van der Waals surface area contributed by atoms with E-state index in [1.165, 1.54) is 25.7 Å². The van der Waals surface area contributed by atoms with Gasteiger partial charge in [0.15, 0.2) is 0 Å². The maximum Gasteiger partial charge on any atom is 0.236 e. The fraction of sp³-hybridized carbons (Fsp3) is 0.929. The predicted octanol–water partition coefficient (Wildman–Crippen LogP) is 1.98. The molecule has 2 heterocycles. The zero-order valence-corrected chi connectivity index (χ0v) is 11.3. The topological polar surface area (TPSA) is 23.6 Å². The van der Waals surface area contributed by atoms with Crippen molar-refractivity contribution in [2.24, 2.45) is 11.8 Å². The Morgan fingerprint density at radius 3 is 2.35 bits per heavy atom. The number of carbonyl (C=O) groups excluding carboxylic acids is 1. The normalized spacial score (nSPS) is 31.5. The highest BCUT2D eigenvalue weighted by Crippen LogP contribution is 2.18. The number of hydrogen-bond acceptors (Lipinski definition) is 2. The average Bonchev–Trinajstić information content (AvgIpc) is 2.29. The van der Waals surface area contributed by atoms with Crippen LogP contribution >= 0.6 is 0 Å². The lowest BCUT2D eigenvalue weighted by Crippen LogP contribution is -2.46. The summed E-state index contributed by atoms with van der Waals surface area (Å²) in [5.41, 5.74) is 0. The summed E-state index contributed by atoms with van der Waals surface area (Å²) in [5, 5.41) is 0. The molecule has 0 radical (unpaired) electrons. The fourth-order valence-corrected chi connectivity index (χ4v) is 3.14. The van der Waals surface area contributed by atoms with E-state index in [0.717, 1.165) is 32.1 Å². The minimum absolute atomic E-state index is 0.352. The van der Waals surface area contributed by atoms with Crippen LogP contribution in [0.4, 0.5) is 0 Å². The molecule has 2 unspecified atom stereocenters. The molecule has 3 nitrogen and oxygen atoms in total. The van der Waals surface area contributed by atoms with Gasteiger partial charge in [-0.15, -0.1) is 0 Å². The third-order valence-electron chi connectivity index (χ3n) is 4.11. The molecule has 0 saturated carbocycles. The van der Waals surface area contributed by atoms with E-state index in [1.54, 1.807) is 0 Å². The molecule has 98 valence electrons. The summed E-state index contributed by atoms with van der Waals surface area (Å²) in [6, 6.07) is 0.